The molecule has 7 N–H and O–H groups in total. The van der Waals surface area contributed by atoms with Crippen molar-refractivity contribution in [2.24, 2.45) is 0 Å². The topological polar surface area (TPSA) is 300 Å². The molecule has 24 heteroatoms. The van der Waals surface area contributed by atoms with Gasteiger partial charge in [0.25, 0.3) is 5.56 Å². The number of aliphatic hydroxyl groups is 2. The Morgan fingerprint density at radius 2 is 1.38 bits per heavy atom. The van der Waals surface area contributed by atoms with E-state index in [0.717, 1.165) is 24.4 Å². The second-order valence-electron chi connectivity index (χ2n) is 7.38. The maximum Gasteiger partial charge on any atom is 0.536 e. The minimum absolute atomic E-state index is 0.311. The molecule has 0 spiro atoms. The second-order valence-corrected chi connectivity index (χ2v) is 13.5. The zero-order chi connectivity index (χ0) is 29.2. The standard InChI is InChI=1S/C15H20N2O18P4/c18-11-6-7-17(15(21)16-11)14-13(20)12(19)10(31-14)8-30-36(22,23)33-38(26,27)35-39(28,29)34-37(24,25)32-9-4-2-1-3-5-9/h1-7,10,12-14,19-20H,8H2,(H,22,23)(H,24,25)(H,26,27)(H,28,29)(H,16,18,21)/t10-,12?,13+,14-/m1/s1. The van der Waals surface area contributed by atoms with Crippen LogP contribution in [-0.4, -0.2) is 64.3 Å². The minimum Gasteiger partial charge on any atom is -0.404 e. The van der Waals surface area contributed by atoms with Gasteiger partial charge in [-0.05, 0) is 12.1 Å². The van der Waals surface area contributed by atoms with Crippen LogP contribution >= 0.6 is 31.3 Å². The van der Waals surface area contributed by atoms with Crippen molar-refractivity contribution >= 4 is 31.3 Å². The first-order valence-corrected chi connectivity index (χ1v) is 16.0. The molecule has 5 unspecified atom stereocenters. The van der Waals surface area contributed by atoms with E-state index in [1.807, 2.05) is 4.98 Å². The number of hydrogen-bond acceptors (Lipinski definition) is 14. The summed E-state index contributed by atoms with van der Waals surface area (Å²) >= 11 is 0. The summed E-state index contributed by atoms with van der Waals surface area (Å²) in [4.78, 5) is 63.4. The molecule has 1 aliphatic heterocycles. The molecule has 1 saturated heterocycles. The fourth-order valence-corrected chi connectivity index (χ4v) is 7.92. The van der Waals surface area contributed by atoms with E-state index >= 15 is 0 Å². The SMILES string of the molecule is O=c1ccn([C@@H]2O[C@H](COP(=O)(O)OP(=O)(O)OP(=O)(O)OP(=O)(O)Oc3ccccc3)C(O)[C@@H]2O)c(=O)[nH]1. The molecule has 3 rings (SSSR count). The highest BCUT2D eigenvalue weighted by molar-refractivity contribution is 7.69. The Hall–Kier alpha value is -1.82. The highest BCUT2D eigenvalue weighted by Gasteiger charge is 2.48. The van der Waals surface area contributed by atoms with Gasteiger partial charge in [-0.25, -0.2) is 23.1 Å². The van der Waals surface area contributed by atoms with Crippen molar-refractivity contribution in [1.82, 2.24) is 9.55 Å². The zero-order valence-electron chi connectivity index (χ0n) is 18.9. The average molecular weight is 640 g/mol. The van der Waals surface area contributed by atoms with Gasteiger partial charge in [-0.15, -0.1) is 0 Å². The molecule has 2 aromatic rings. The van der Waals surface area contributed by atoms with Gasteiger partial charge in [-0.2, -0.15) is 12.9 Å². The van der Waals surface area contributed by atoms with Crippen LogP contribution in [0.2, 0.25) is 0 Å². The Balaban J connectivity index is 1.59. The summed E-state index contributed by atoms with van der Waals surface area (Å²) in [6.07, 6.45) is -6.02. The van der Waals surface area contributed by atoms with Gasteiger partial charge in [-0.1, -0.05) is 18.2 Å². The monoisotopic (exact) mass is 640 g/mol. The Kier molecular flexibility index (Phi) is 9.73. The van der Waals surface area contributed by atoms with Crippen LogP contribution in [0, 0.1) is 0 Å². The molecule has 1 aliphatic rings. The van der Waals surface area contributed by atoms with Crippen molar-refractivity contribution in [3.63, 3.8) is 0 Å². The number of hydrogen-bond donors (Lipinski definition) is 7. The number of ether oxygens (including phenoxy) is 1. The third kappa shape index (κ3) is 9.09. The van der Waals surface area contributed by atoms with E-state index in [1.54, 1.807) is 0 Å². The van der Waals surface area contributed by atoms with Crippen molar-refractivity contribution in [2.75, 3.05) is 6.61 Å². The lowest BCUT2D eigenvalue weighted by atomic mass is 10.1. The number of aromatic amines is 1. The molecule has 0 saturated carbocycles. The molecule has 20 nitrogen and oxygen atoms in total. The predicted molar refractivity (Wildman–Crippen MR) is 123 cm³/mol. The fraction of sp³-hybridized carbons (Fsp3) is 0.333. The molecule has 218 valence electrons. The van der Waals surface area contributed by atoms with E-state index in [1.165, 1.54) is 18.2 Å². The van der Waals surface area contributed by atoms with E-state index < -0.39 is 73.7 Å². The largest absolute Gasteiger partial charge is 0.536 e. The van der Waals surface area contributed by atoms with E-state index in [9.17, 15) is 57.6 Å². The first-order valence-electron chi connectivity index (χ1n) is 10.1. The van der Waals surface area contributed by atoms with Gasteiger partial charge in [0.05, 0.1) is 6.61 Å². The molecule has 39 heavy (non-hydrogen) atoms. The third-order valence-corrected chi connectivity index (χ3v) is 10.3. The molecule has 0 aliphatic carbocycles. The molecular formula is C15H20N2O18P4. The van der Waals surface area contributed by atoms with Crippen LogP contribution in [-0.2, 0) is 40.5 Å². The van der Waals surface area contributed by atoms with Gasteiger partial charge in [0.15, 0.2) is 6.23 Å². The van der Waals surface area contributed by atoms with E-state index in [2.05, 4.69) is 22.0 Å². The Morgan fingerprint density at radius 3 is 1.97 bits per heavy atom. The summed E-state index contributed by atoms with van der Waals surface area (Å²) in [7, 11) is -23.2. The highest BCUT2D eigenvalue weighted by atomic mass is 31.3. The number of benzene rings is 1. The average Bonchev–Trinajstić information content (AvgIpc) is 3.04. The van der Waals surface area contributed by atoms with Crippen LogP contribution in [0.1, 0.15) is 6.23 Å². The summed E-state index contributed by atoms with van der Waals surface area (Å²) < 4.78 is 74.0. The molecule has 1 fully saturated rings. The number of para-hydroxylation sites is 1. The third-order valence-electron chi connectivity index (χ3n) is 4.45. The summed E-state index contributed by atoms with van der Waals surface area (Å²) in [6.45, 7) is -1.13. The maximum absolute atomic E-state index is 12.1. The Bertz CT molecular complexity index is 1480. The molecule has 1 aromatic heterocycles. The normalized spacial score (nSPS) is 27.5. The lowest BCUT2D eigenvalue weighted by Gasteiger charge is -2.20. The first kappa shape index (κ1) is 31.7. The molecular weight excluding hydrogens is 620 g/mol. The van der Waals surface area contributed by atoms with Gasteiger partial charge in [0, 0.05) is 12.3 Å². The van der Waals surface area contributed by atoms with E-state index in [0.29, 0.717) is 4.57 Å². The molecule has 0 amide bonds. The number of aliphatic hydroxyl groups excluding tert-OH is 2. The van der Waals surface area contributed by atoms with Crippen molar-refractivity contribution in [3.05, 3.63) is 63.4 Å². The van der Waals surface area contributed by atoms with Gasteiger partial charge in [0.1, 0.15) is 24.1 Å². The van der Waals surface area contributed by atoms with Crippen molar-refractivity contribution < 1.29 is 74.8 Å². The molecule has 2 heterocycles. The fourth-order valence-electron chi connectivity index (χ4n) is 2.97. The van der Waals surface area contributed by atoms with Crippen LogP contribution in [0.4, 0.5) is 0 Å². The molecule has 0 radical (unpaired) electrons. The number of phosphoric acid groups is 4. The lowest BCUT2D eigenvalue weighted by molar-refractivity contribution is -0.0542. The Labute approximate surface area is 216 Å². The van der Waals surface area contributed by atoms with Crippen LogP contribution < -0.4 is 15.8 Å². The second kappa shape index (κ2) is 12.0. The van der Waals surface area contributed by atoms with Crippen molar-refractivity contribution in [1.29, 1.82) is 0 Å². The van der Waals surface area contributed by atoms with E-state index in [4.69, 9.17) is 4.74 Å². The van der Waals surface area contributed by atoms with Crippen LogP contribution in [0.25, 0.3) is 0 Å². The van der Waals surface area contributed by atoms with Crippen LogP contribution in [0.5, 0.6) is 5.75 Å². The number of phosphoric ester groups is 2. The highest BCUT2D eigenvalue weighted by Crippen LogP contribution is 2.71. The number of rotatable bonds is 12. The van der Waals surface area contributed by atoms with Gasteiger partial charge in [0.2, 0.25) is 0 Å². The smallest absolute Gasteiger partial charge is 0.404 e. The number of nitrogens with one attached hydrogen (secondary N) is 1. The first-order chi connectivity index (χ1) is 17.9. The molecule has 1 aromatic carbocycles. The summed E-state index contributed by atoms with van der Waals surface area (Å²) in [6, 6.07) is 7.42. The summed E-state index contributed by atoms with van der Waals surface area (Å²) in [5.41, 5.74) is -1.81. The lowest BCUT2D eigenvalue weighted by Crippen LogP contribution is -2.37. The zero-order valence-corrected chi connectivity index (χ0v) is 22.5. The predicted octanol–water partition coefficient (Wildman–Crippen LogP) is -0.297. The number of nitrogens with zero attached hydrogens (tertiary/aromatic N) is 1. The van der Waals surface area contributed by atoms with Crippen molar-refractivity contribution in [2.45, 2.75) is 24.5 Å². The minimum atomic E-state index is -6.06. The van der Waals surface area contributed by atoms with Gasteiger partial charge >= 0.3 is 37.0 Å². The summed E-state index contributed by atoms with van der Waals surface area (Å²) in [5, 5.41) is 20.2. The summed E-state index contributed by atoms with van der Waals surface area (Å²) in [5.74, 6) is -0.311. The van der Waals surface area contributed by atoms with E-state index in [-0.39, 0.29) is 5.75 Å². The van der Waals surface area contributed by atoms with Crippen LogP contribution in [0.3, 0.4) is 0 Å². The van der Waals surface area contributed by atoms with Crippen LogP contribution in [0.15, 0.2) is 52.2 Å². The maximum atomic E-state index is 12.1. The number of H-pyrrole nitrogens is 1. The molecule has 8 atom stereocenters. The Morgan fingerprint density at radius 1 is 0.821 bits per heavy atom. The molecule has 0 bridgehead atoms. The van der Waals surface area contributed by atoms with Gasteiger partial charge in [-0.3, -0.25) is 23.8 Å². The number of aromatic nitrogens is 2. The van der Waals surface area contributed by atoms with Crippen molar-refractivity contribution in [3.8, 4) is 5.75 Å². The quantitative estimate of drug-likeness (QED) is 0.146. The van der Waals surface area contributed by atoms with Gasteiger partial charge < -0.3 is 34.2 Å².